The Bertz CT molecular complexity index is 200. The van der Waals surface area contributed by atoms with E-state index in [9.17, 15) is 0 Å². The van der Waals surface area contributed by atoms with Crippen molar-refractivity contribution in [1.82, 2.24) is 4.57 Å². The lowest BCUT2D eigenvalue weighted by Gasteiger charge is -2.45. The highest BCUT2D eigenvalue weighted by atomic mass is 28.4. The Labute approximate surface area is 109 Å². The zero-order chi connectivity index (χ0) is 13.5. The van der Waals surface area contributed by atoms with Gasteiger partial charge in [0.2, 0.25) is 0 Å². The molecule has 0 rings (SSSR count). The van der Waals surface area contributed by atoms with Crippen molar-refractivity contribution in [3.63, 3.8) is 0 Å². The fraction of sp³-hybridized carbons (Fsp3) is 1.00. The maximum atomic E-state index is 5.91. The molecule has 0 unspecified atom stereocenters. The molecule has 0 atom stereocenters. The summed E-state index contributed by atoms with van der Waals surface area (Å²) in [6.45, 7) is 13.2. The Morgan fingerprint density at radius 3 is 1.76 bits per heavy atom. The first-order valence-corrected chi connectivity index (χ1v) is 8.51. The molecule has 0 heterocycles. The number of hydrogen-bond acceptors (Lipinski definition) is 3. The zero-order valence-corrected chi connectivity index (χ0v) is 13.8. The van der Waals surface area contributed by atoms with Crippen molar-refractivity contribution >= 4 is 8.72 Å². The molecule has 4 heteroatoms. The van der Waals surface area contributed by atoms with Crippen LogP contribution in [0.5, 0.6) is 0 Å². The Balaban J connectivity index is 5.06. The quantitative estimate of drug-likeness (QED) is 0.624. The summed E-state index contributed by atoms with van der Waals surface area (Å²) in [7, 11) is 1.30. The monoisotopic (exact) mass is 261 g/mol. The van der Waals surface area contributed by atoms with Gasteiger partial charge in [0.15, 0.2) is 0 Å². The van der Waals surface area contributed by atoms with Crippen LogP contribution in [0.2, 0.25) is 5.04 Å². The van der Waals surface area contributed by atoms with E-state index in [0.717, 1.165) is 19.5 Å². The van der Waals surface area contributed by atoms with Gasteiger partial charge in [-0.2, -0.15) is 0 Å². The molecule has 0 N–H and O–H groups in total. The third kappa shape index (κ3) is 4.05. The van der Waals surface area contributed by atoms with Crippen LogP contribution < -0.4 is 0 Å². The molecule has 0 saturated heterocycles. The van der Waals surface area contributed by atoms with E-state index in [-0.39, 0.29) is 5.04 Å². The lowest BCUT2D eigenvalue weighted by molar-refractivity contribution is 0.135. The summed E-state index contributed by atoms with van der Waals surface area (Å²) < 4.78 is 14.3. The molecule has 3 nitrogen and oxygen atoms in total. The van der Waals surface area contributed by atoms with Crippen molar-refractivity contribution < 1.29 is 8.85 Å². The van der Waals surface area contributed by atoms with Gasteiger partial charge in [-0.05, 0) is 25.9 Å². The number of rotatable bonds is 8. The van der Waals surface area contributed by atoms with E-state index in [0.29, 0.717) is 0 Å². The standard InChI is InChI=1S/C13H31NO2Si/c1-8-10-12-14(11-9-2)17(15-6,16-7)13(3,4)5/h8-12H2,1-7H3. The van der Waals surface area contributed by atoms with Crippen LogP contribution in [0, 0.1) is 0 Å². The van der Waals surface area contributed by atoms with Crippen LogP contribution in [0.3, 0.4) is 0 Å². The summed E-state index contributed by atoms with van der Waals surface area (Å²) in [6, 6.07) is 0. The average molecular weight is 261 g/mol. The molecule has 0 saturated carbocycles. The second-order valence-corrected chi connectivity index (χ2v) is 9.69. The van der Waals surface area contributed by atoms with Crippen LogP contribution in [0.4, 0.5) is 0 Å². The van der Waals surface area contributed by atoms with Crippen molar-refractivity contribution in [3.05, 3.63) is 0 Å². The highest BCUT2D eigenvalue weighted by Gasteiger charge is 2.53. The first-order chi connectivity index (χ1) is 7.89. The fourth-order valence-corrected chi connectivity index (χ4v) is 6.28. The summed E-state index contributed by atoms with van der Waals surface area (Å²) in [5, 5.41) is 0.0550. The molecule has 0 aromatic carbocycles. The van der Waals surface area contributed by atoms with Gasteiger partial charge in [-0.15, -0.1) is 0 Å². The molecule has 0 amide bonds. The van der Waals surface area contributed by atoms with Crippen LogP contribution in [-0.2, 0) is 8.85 Å². The maximum absolute atomic E-state index is 5.91. The molecule has 0 aliphatic heterocycles. The molecular formula is C13H31NO2Si. The van der Waals surface area contributed by atoms with Crippen LogP contribution >= 0.6 is 0 Å². The third-order valence-corrected chi connectivity index (χ3v) is 7.47. The normalized spacial score (nSPS) is 13.4. The molecule has 0 spiro atoms. The molecule has 0 aromatic rings. The summed E-state index contributed by atoms with van der Waals surface area (Å²) in [5.74, 6) is 0. The smallest absolute Gasteiger partial charge is 0.386 e. The third-order valence-electron chi connectivity index (χ3n) is 3.19. The molecule has 0 radical (unpaired) electrons. The van der Waals surface area contributed by atoms with Crippen LogP contribution in [0.15, 0.2) is 0 Å². The second-order valence-electron chi connectivity index (χ2n) is 5.58. The van der Waals surface area contributed by atoms with E-state index in [4.69, 9.17) is 8.85 Å². The molecular weight excluding hydrogens is 230 g/mol. The Kier molecular flexibility index (Phi) is 7.56. The Morgan fingerprint density at radius 2 is 1.47 bits per heavy atom. The van der Waals surface area contributed by atoms with Gasteiger partial charge >= 0.3 is 8.72 Å². The van der Waals surface area contributed by atoms with Crippen molar-refractivity contribution in [2.75, 3.05) is 27.3 Å². The molecule has 0 aliphatic rings. The lowest BCUT2D eigenvalue weighted by atomic mass is 10.2. The van der Waals surface area contributed by atoms with Crippen molar-refractivity contribution in [2.24, 2.45) is 0 Å². The van der Waals surface area contributed by atoms with Gasteiger partial charge < -0.3 is 8.85 Å². The van der Waals surface area contributed by atoms with E-state index >= 15 is 0 Å². The first-order valence-electron chi connectivity index (χ1n) is 6.75. The molecule has 0 aromatic heterocycles. The van der Waals surface area contributed by atoms with Gasteiger partial charge in [0.25, 0.3) is 0 Å². The van der Waals surface area contributed by atoms with Crippen LogP contribution in [0.25, 0.3) is 0 Å². The maximum Gasteiger partial charge on any atom is 0.432 e. The van der Waals surface area contributed by atoms with E-state index in [1.807, 2.05) is 0 Å². The highest BCUT2D eigenvalue weighted by molar-refractivity contribution is 6.67. The summed E-state index contributed by atoms with van der Waals surface area (Å²) >= 11 is 0. The molecule has 0 aliphatic carbocycles. The van der Waals surface area contributed by atoms with E-state index in [1.54, 1.807) is 14.2 Å². The summed E-state index contributed by atoms with van der Waals surface area (Å²) in [4.78, 5) is 0. The number of hydrogen-bond donors (Lipinski definition) is 0. The SMILES string of the molecule is CCCCN(CCC)[Si](OC)(OC)C(C)(C)C. The Morgan fingerprint density at radius 1 is 0.941 bits per heavy atom. The molecule has 0 bridgehead atoms. The van der Waals surface area contributed by atoms with E-state index in [1.165, 1.54) is 12.8 Å². The van der Waals surface area contributed by atoms with Crippen molar-refractivity contribution in [1.29, 1.82) is 0 Å². The van der Waals surface area contributed by atoms with Gasteiger partial charge in [0.1, 0.15) is 0 Å². The lowest BCUT2D eigenvalue weighted by Crippen LogP contribution is -2.63. The minimum atomic E-state index is -2.30. The van der Waals surface area contributed by atoms with Gasteiger partial charge in [0, 0.05) is 19.3 Å². The average Bonchev–Trinajstić information content (AvgIpc) is 2.26. The first kappa shape index (κ1) is 17.1. The van der Waals surface area contributed by atoms with Gasteiger partial charge in [-0.25, -0.2) is 0 Å². The minimum Gasteiger partial charge on any atom is -0.386 e. The van der Waals surface area contributed by atoms with Crippen molar-refractivity contribution in [3.8, 4) is 0 Å². The second kappa shape index (κ2) is 7.51. The highest BCUT2D eigenvalue weighted by Crippen LogP contribution is 2.39. The van der Waals surface area contributed by atoms with Crippen molar-refractivity contribution in [2.45, 2.75) is 58.9 Å². The fourth-order valence-electron chi connectivity index (χ4n) is 2.45. The zero-order valence-electron chi connectivity index (χ0n) is 12.8. The minimum absolute atomic E-state index is 0.0550. The van der Waals surface area contributed by atoms with Crippen LogP contribution in [-0.4, -0.2) is 40.6 Å². The number of unbranched alkanes of at least 4 members (excludes halogenated alkanes) is 1. The summed E-state index contributed by atoms with van der Waals surface area (Å²) in [6.07, 6.45) is 3.56. The molecule has 104 valence electrons. The van der Waals surface area contributed by atoms with Crippen LogP contribution in [0.1, 0.15) is 53.9 Å². The van der Waals surface area contributed by atoms with Gasteiger partial charge in [-0.1, -0.05) is 41.0 Å². The molecule has 0 fully saturated rings. The summed E-state index contributed by atoms with van der Waals surface area (Å²) in [5.41, 5.74) is 0. The number of nitrogens with zero attached hydrogens (tertiary/aromatic N) is 1. The van der Waals surface area contributed by atoms with Gasteiger partial charge in [-0.3, -0.25) is 4.57 Å². The molecule has 17 heavy (non-hydrogen) atoms. The Hall–Kier alpha value is 0.0969. The van der Waals surface area contributed by atoms with E-state index in [2.05, 4.69) is 39.2 Å². The predicted molar refractivity (Wildman–Crippen MR) is 76.3 cm³/mol. The predicted octanol–water partition coefficient (Wildman–Crippen LogP) is 3.53. The van der Waals surface area contributed by atoms with Gasteiger partial charge in [0.05, 0.1) is 0 Å². The topological polar surface area (TPSA) is 21.7 Å². The van der Waals surface area contributed by atoms with E-state index < -0.39 is 8.72 Å². The largest absolute Gasteiger partial charge is 0.432 e.